The Morgan fingerprint density at radius 1 is 1.12 bits per heavy atom. The summed E-state index contributed by atoms with van der Waals surface area (Å²) in [5, 5.41) is 11.3. The molecule has 0 radical (unpaired) electrons. The van der Waals surface area contributed by atoms with Crippen LogP contribution in [0.3, 0.4) is 0 Å². The number of nitrogens with one attached hydrogen (secondary N) is 1. The minimum atomic E-state index is -4.95. The first-order valence-electron chi connectivity index (χ1n) is 9.85. The van der Waals surface area contributed by atoms with Gasteiger partial charge in [-0.2, -0.15) is 13.2 Å². The molecule has 0 saturated carbocycles. The number of rotatable bonds is 5. The van der Waals surface area contributed by atoms with Crippen molar-refractivity contribution in [2.45, 2.75) is 12.2 Å². The quantitative estimate of drug-likeness (QED) is 0.414. The zero-order valence-corrected chi connectivity index (χ0v) is 17.5. The molecule has 4 aromatic rings. The summed E-state index contributed by atoms with van der Waals surface area (Å²) in [6.45, 7) is 0. The third-order valence-electron chi connectivity index (χ3n) is 5.17. The van der Waals surface area contributed by atoms with E-state index in [0.29, 0.717) is 17.8 Å². The minimum Gasteiger partial charge on any atom is -0.478 e. The molecule has 11 heteroatoms. The molecule has 0 amide bonds. The van der Waals surface area contributed by atoms with E-state index in [2.05, 4.69) is 15.3 Å². The molecule has 0 saturated heterocycles. The van der Waals surface area contributed by atoms with Crippen LogP contribution in [0.4, 0.5) is 23.4 Å². The lowest BCUT2D eigenvalue weighted by atomic mass is 10.0. The van der Waals surface area contributed by atoms with Crippen molar-refractivity contribution in [2.24, 2.45) is 7.05 Å². The van der Waals surface area contributed by atoms with E-state index >= 15 is 0 Å². The first-order valence-corrected chi connectivity index (χ1v) is 9.85. The van der Waals surface area contributed by atoms with Crippen LogP contribution in [0.5, 0.6) is 0 Å². The number of fused-ring (bicyclic) bond motifs is 1. The van der Waals surface area contributed by atoms with Gasteiger partial charge in [-0.15, -0.1) is 0 Å². The number of para-hydroxylation sites is 1. The molecule has 0 aliphatic rings. The first kappa shape index (κ1) is 22.9. The Kier molecular flexibility index (Phi) is 5.78. The number of halogens is 4. The number of aromatic nitrogens is 3. The van der Waals surface area contributed by atoms with Crippen molar-refractivity contribution >= 4 is 22.7 Å². The molecule has 0 spiro atoms. The number of pyridine rings is 1. The van der Waals surface area contributed by atoms with Crippen molar-refractivity contribution in [3.8, 4) is 11.4 Å². The highest BCUT2D eigenvalue weighted by atomic mass is 19.4. The summed E-state index contributed by atoms with van der Waals surface area (Å²) < 4.78 is 57.3. The second-order valence-electron chi connectivity index (χ2n) is 7.38. The van der Waals surface area contributed by atoms with Gasteiger partial charge in [-0.05, 0) is 12.1 Å². The number of nitrogens with zero attached hydrogens (tertiary/aromatic N) is 3. The SMILES string of the molecule is Cn1c(-c2ccccc2)nc2c(C(Nc3ncc(F)cc3C(=O)O)C(F)(F)F)cccc2c1=O. The van der Waals surface area contributed by atoms with E-state index in [4.69, 9.17) is 0 Å². The molecule has 0 fully saturated rings. The van der Waals surface area contributed by atoms with E-state index in [-0.39, 0.29) is 16.7 Å². The number of alkyl halides is 3. The zero-order chi connectivity index (χ0) is 24.6. The average molecular weight is 472 g/mol. The second-order valence-corrected chi connectivity index (χ2v) is 7.38. The van der Waals surface area contributed by atoms with Crippen molar-refractivity contribution < 1.29 is 27.5 Å². The maximum atomic E-state index is 14.2. The van der Waals surface area contributed by atoms with Crippen LogP contribution in [-0.2, 0) is 7.05 Å². The highest BCUT2D eigenvalue weighted by Gasteiger charge is 2.43. The second kappa shape index (κ2) is 8.58. The molecule has 174 valence electrons. The average Bonchev–Trinajstić information content (AvgIpc) is 2.80. The van der Waals surface area contributed by atoms with E-state index in [0.717, 1.165) is 6.07 Å². The highest BCUT2D eigenvalue weighted by molar-refractivity contribution is 5.93. The largest absolute Gasteiger partial charge is 0.478 e. The molecule has 34 heavy (non-hydrogen) atoms. The molecule has 2 aromatic carbocycles. The van der Waals surface area contributed by atoms with Gasteiger partial charge in [-0.3, -0.25) is 9.36 Å². The Morgan fingerprint density at radius 3 is 2.47 bits per heavy atom. The van der Waals surface area contributed by atoms with Gasteiger partial charge in [0.1, 0.15) is 23.0 Å². The smallest absolute Gasteiger partial charge is 0.412 e. The number of carboxylic acids is 1. The molecule has 2 heterocycles. The predicted molar refractivity (Wildman–Crippen MR) is 116 cm³/mol. The summed E-state index contributed by atoms with van der Waals surface area (Å²) in [7, 11) is 1.46. The van der Waals surface area contributed by atoms with E-state index in [1.807, 2.05) is 0 Å². The number of aromatic carboxylic acids is 1. The van der Waals surface area contributed by atoms with Crippen molar-refractivity contribution in [3.63, 3.8) is 0 Å². The summed E-state index contributed by atoms with van der Waals surface area (Å²) in [5.74, 6) is -3.21. The number of carboxylic acid groups (broad SMARTS) is 1. The fourth-order valence-electron chi connectivity index (χ4n) is 3.58. The van der Waals surface area contributed by atoms with Gasteiger partial charge in [0.05, 0.1) is 17.1 Å². The van der Waals surface area contributed by atoms with E-state index in [1.165, 1.54) is 23.7 Å². The summed E-state index contributed by atoms with van der Waals surface area (Å²) >= 11 is 0. The summed E-state index contributed by atoms with van der Waals surface area (Å²) in [6.07, 6.45) is -4.34. The van der Waals surface area contributed by atoms with Crippen molar-refractivity contribution in [1.29, 1.82) is 0 Å². The molecule has 2 aromatic heterocycles. The van der Waals surface area contributed by atoms with Crippen LogP contribution >= 0.6 is 0 Å². The Morgan fingerprint density at radius 2 is 1.82 bits per heavy atom. The van der Waals surface area contributed by atoms with Crippen LogP contribution in [-0.4, -0.2) is 31.8 Å². The van der Waals surface area contributed by atoms with Gasteiger partial charge in [0.2, 0.25) is 0 Å². The fraction of sp³-hybridized carbons (Fsp3) is 0.130. The third kappa shape index (κ3) is 4.19. The van der Waals surface area contributed by atoms with E-state index < -0.39 is 46.5 Å². The monoisotopic (exact) mass is 472 g/mol. The van der Waals surface area contributed by atoms with Crippen LogP contribution < -0.4 is 10.9 Å². The number of hydrogen-bond acceptors (Lipinski definition) is 5. The zero-order valence-electron chi connectivity index (χ0n) is 17.5. The van der Waals surface area contributed by atoms with E-state index in [1.54, 1.807) is 30.3 Å². The maximum Gasteiger partial charge on any atom is 0.412 e. The lowest BCUT2D eigenvalue weighted by Gasteiger charge is -2.24. The lowest BCUT2D eigenvalue weighted by molar-refractivity contribution is -0.143. The Balaban J connectivity index is 1.95. The van der Waals surface area contributed by atoms with Crippen LogP contribution in [0.2, 0.25) is 0 Å². The Hall–Kier alpha value is -4.28. The standard InChI is InChI=1S/C23H16F4N4O3/c1-31-20(12-6-3-2-4-7-12)29-17-14(8-5-9-15(17)21(31)32)18(23(25,26)27)30-19-16(22(33)34)10-13(24)11-28-19/h2-11,18H,1H3,(H,28,30)(H,33,34). The van der Waals surface area contributed by atoms with Crippen LogP contribution in [0, 0.1) is 5.82 Å². The van der Waals surface area contributed by atoms with Gasteiger partial charge in [-0.25, -0.2) is 19.2 Å². The Bertz CT molecular complexity index is 1450. The normalized spacial score (nSPS) is 12.5. The van der Waals surface area contributed by atoms with Gasteiger partial charge in [0.25, 0.3) is 5.56 Å². The fourth-order valence-corrected chi connectivity index (χ4v) is 3.58. The number of anilines is 1. The molecular formula is C23H16F4N4O3. The van der Waals surface area contributed by atoms with Gasteiger partial charge >= 0.3 is 12.1 Å². The van der Waals surface area contributed by atoms with Crippen molar-refractivity contribution in [3.05, 3.63) is 88.1 Å². The maximum absolute atomic E-state index is 14.2. The van der Waals surface area contributed by atoms with Crippen LogP contribution in [0.15, 0.2) is 65.6 Å². The summed E-state index contributed by atoms with van der Waals surface area (Å²) in [6, 6.07) is 10.3. The molecular weight excluding hydrogens is 456 g/mol. The van der Waals surface area contributed by atoms with Crippen molar-refractivity contribution in [2.75, 3.05) is 5.32 Å². The number of carbonyl (C=O) groups is 1. The summed E-state index contributed by atoms with van der Waals surface area (Å²) in [5.41, 5.74) is -1.44. The molecule has 4 rings (SSSR count). The molecule has 2 N–H and O–H groups in total. The van der Waals surface area contributed by atoms with Gasteiger partial charge in [0, 0.05) is 18.2 Å². The van der Waals surface area contributed by atoms with Crippen LogP contribution in [0.25, 0.3) is 22.3 Å². The number of benzene rings is 2. The molecule has 0 bridgehead atoms. The predicted octanol–water partition coefficient (Wildman–Crippen LogP) is 4.55. The highest BCUT2D eigenvalue weighted by Crippen LogP contribution is 2.38. The topological polar surface area (TPSA) is 97.1 Å². The first-order chi connectivity index (χ1) is 16.1. The third-order valence-corrected chi connectivity index (χ3v) is 5.17. The minimum absolute atomic E-state index is 0.0544. The molecule has 0 aliphatic heterocycles. The molecule has 1 atom stereocenters. The number of hydrogen-bond donors (Lipinski definition) is 2. The summed E-state index contributed by atoms with van der Waals surface area (Å²) in [4.78, 5) is 32.3. The molecule has 1 unspecified atom stereocenters. The van der Waals surface area contributed by atoms with Gasteiger partial charge in [0.15, 0.2) is 6.04 Å². The van der Waals surface area contributed by atoms with Crippen molar-refractivity contribution in [1.82, 2.24) is 14.5 Å². The molecule has 7 nitrogen and oxygen atoms in total. The van der Waals surface area contributed by atoms with Crippen LogP contribution in [0.1, 0.15) is 22.0 Å². The molecule has 0 aliphatic carbocycles. The Labute approximate surface area is 189 Å². The van der Waals surface area contributed by atoms with Gasteiger partial charge < -0.3 is 10.4 Å². The lowest BCUT2D eigenvalue weighted by Crippen LogP contribution is -2.30. The van der Waals surface area contributed by atoms with Gasteiger partial charge in [-0.1, -0.05) is 42.5 Å². The van der Waals surface area contributed by atoms with E-state index in [9.17, 15) is 32.3 Å².